The highest BCUT2D eigenvalue weighted by atomic mass is 16.9. The highest BCUT2D eigenvalue weighted by Crippen LogP contribution is 2.51. The zero-order valence-electron chi connectivity index (χ0n) is 11.2. The lowest BCUT2D eigenvalue weighted by molar-refractivity contribution is -0.282. The molecule has 2 saturated heterocycles. The first-order valence-corrected chi connectivity index (χ1v) is 7.61. The predicted molar refractivity (Wildman–Crippen MR) is 65.7 cm³/mol. The summed E-state index contributed by atoms with van der Waals surface area (Å²) < 4.78 is 11.8. The van der Waals surface area contributed by atoms with Gasteiger partial charge in [-0.15, -0.1) is 0 Å². The maximum atomic E-state index is 12.4. The number of hydroxylamine groups is 1. The van der Waals surface area contributed by atoms with Crippen LogP contribution >= 0.6 is 0 Å². The van der Waals surface area contributed by atoms with Gasteiger partial charge in [0.1, 0.15) is 0 Å². The van der Waals surface area contributed by atoms with Crippen LogP contribution in [0.1, 0.15) is 57.8 Å². The molecule has 4 rings (SSSR count). The molecule has 5 nitrogen and oxygen atoms in total. The van der Waals surface area contributed by atoms with Crippen molar-refractivity contribution in [3.05, 3.63) is 0 Å². The minimum atomic E-state index is -1.16. The van der Waals surface area contributed by atoms with Gasteiger partial charge in [-0.2, -0.15) is 5.48 Å². The number of esters is 1. The van der Waals surface area contributed by atoms with Crippen LogP contribution < -0.4 is 5.48 Å². The third-order valence-corrected chi connectivity index (χ3v) is 5.13. The molecule has 3 atom stereocenters. The van der Waals surface area contributed by atoms with Crippen LogP contribution in [-0.2, 0) is 19.1 Å². The van der Waals surface area contributed by atoms with Crippen LogP contribution in [0, 0.1) is 5.92 Å². The maximum absolute atomic E-state index is 12.4. The summed E-state index contributed by atoms with van der Waals surface area (Å²) in [6.07, 6.45) is 9.28. The van der Waals surface area contributed by atoms with Gasteiger partial charge >= 0.3 is 5.97 Å². The number of ether oxygens (including phenoxy) is 2. The van der Waals surface area contributed by atoms with E-state index in [1.807, 2.05) is 0 Å². The summed E-state index contributed by atoms with van der Waals surface area (Å²) in [4.78, 5) is 18.1. The summed E-state index contributed by atoms with van der Waals surface area (Å²) in [6.45, 7) is 0. The molecular formula is C14H21NO4. The van der Waals surface area contributed by atoms with Crippen molar-refractivity contribution in [2.75, 3.05) is 0 Å². The lowest BCUT2D eigenvalue weighted by Crippen LogP contribution is -2.46. The zero-order valence-corrected chi connectivity index (χ0v) is 11.2. The third kappa shape index (κ3) is 1.68. The third-order valence-electron chi connectivity index (χ3n) is 5.13. The second-order valence-corrected chi connectivity index (χ2v) is 6.35. The molecule has 0 bridgehead atoms. The minimum Gasteiger partial charge on any atom is -0.429 e. The molecule has 2 heterocycles. The van der Waals surface area contributed by atoms with E-state index in [1.165, 1.54) is 12.8 Å². The fraction of sp³-hybridized carbons (Fsp3) is 0.929. The Morgan fingerprint density at radius 2 is 1.84 bits per heavy atom. The average Bonchev–Trinajstić information content (AvgIpc) is 2.92. The highest BCUT2D eigenvalue weighted by Gasteiger charge is 2.67. The summed E-state index contributed by atoms with van der Waals surface area (Å²) in [5, 5.41) is 0. The Bertz CT molecular complexity index is 393. The molecule has 2 saturated carbocycles. The van der Waals surface area contributed by atoms with E-state index in [9.17, 15) is 4.79 Å². The van der Waals surface area contributed by atoms with Crippen molar-refractivity contribution in [2.24, 2.45) is 5.92 Å². The summed E-state index contributed by atoms with van der Waals surface area (Å²) in [5.41, 5.74) is 3.02. The van der Waals surface area contributed by atoms with Gasteiger partial charge in [-0.05, 0) is 25.7 Å². The van der Waals surface area contributed by atoms with Gasteiger partial charge in [-0.1, -0.05) is 19.3 Å². The van der Waals surface area contributed by atoms with Gasteiger partial charge in [0.15, 0.2) is 0 Å². The standard InChI is InChI=1S/C14H21NO4/c16-12-14(10-6-2-3-7-11(10)15-19-14)18-13(17-12)8-4-1-5-9-13/h10-11,15H,1-9H2/t10-,11+,14?/m0/s1. The molecule has 2 aliphatic carbocycles. The number of fused-ring (bicyclic) bond motifs is 2. The Morgan fingerprint density at radius 1 is 1.05 bits per heavy atom. The van der Waals surface area contributed by atoms with Crippen LogP contribution in [-0.4, -0.2) is 23.6 Å². The van der Waals surface area contributed by atoms with Crippen LogP contribution in [0.15, 0.2) is 0 Å². The van der Waals surface area contributed by atoms with Crippen LogP contribution in [0.2, 0.25) is 0 Å². The number of rotatable bonds is 0. The van der Waals surface area contributed by atoms with Gasteiger partial charge in [-0.25, -0.2) is 4.79 Å². The van der Waals surface area contributed by atoms with E-state index in [2.05, 4.69) is 5.48 Å². The smallest absolute Gasteiger partial charge is 0.371 e. The SMILES string of the molecule is O=C1OC2(CCCCC2)OC12ON[C@@H]1CCCC[C@@H]12. The second-order valence-electron chi connectivity index (χ2n) is 6.35. The summed E-state index contributed by atoms with van der Waals surface area (Å²) >= 11 is 0. The molecule has 106 valence electrons. The quantitative estimate of drug-likeness (QED) is 0.680. The Hall–Kier alpha value is -0.650. The van der Waals surface area contributed by atoms with Crippen LogP contribution in [0.5, 0.6) is 0 Å². The van der Waals surface area contributed by atoms with E-state index in [0.29, 0.717) is 0 Å². The molecule has 4 aliphatic rings. The van der Waals surface area contributed by atoms with Crippen molar-refractivity contribution in [3.63, 3.8) is 0 Å². The molecule has 0 aromatic heterocycles. The van der Waals surface area contributed by atoms with Gasteiger partial charge < -0.3 is 4.74 Å². The largest absolute Gasteiger partial charge is 0.429 e. The summed E-state index contributed by atoms with van der Waals surface area (Å²) in [5.74, 6) is -2.07. The van der Waals surface area contributed by atoms with Gasteiger partial charge in [-0.3, -0.25) is 9.57 Å². The fourth-order valence-corrected chi connectivity index (χ4v) is 4.13. The molecule has 0 amide bonds. The lowest BCUT2D eigenvalue weighted by atomic mass is 9.80. The van der Waals surface area contributed by atoms with Crippen molar-refractivity contribution >= 4 is 5.97 Å². The molecule has 2 aliphatic heterocycles. The summed E-state index contributed by atoms with van der Waals surface area (Å²) in [7, 11) is 0. The number of carbonyl (C=O) groups is 1. The first-order chi connectivity index (χ1) is 9.24. The van der Waals surface area contributed by atoms with Crippen LogP contribution in [0.25, 0.3) is 0 Å². The zero-order chi connectivity index (χ0) is 12.9. The van der Waals surface area contributed by atoms with Gasteiger partial charge in [0.2, 0.25) is 5.79 Å². The monoisotopic (exact) mass is 267 g/mol. The van der Waals surface area contributed by atoms with Crippen LogP contribution in [0.4, 0.5) is 0 Å². The molecule has 0 aromatic rings. The molecule has 19 heavy (non-hydrogen) atoms. The average molecular weight is 267 g/mol. The van der Waals surface area contributed by atoms with E-state index in [4.69, 9.17) is 14.3 Å². The second kappa shape index (κ2) is 4.17. The fourth-order valence-electron chi connectivity index (χ4n) is 4.13. The molecular weight excluding hydrogens is 246 g/mol. The number of nitrogens with one attached hydrogen (secondary N) is 1. The normalized spacial score (nSPS) is 44.5. The molecule has 0 radical (unpaired) electrons. The first kappa shape index (κ1) is 12.1. The highest BCUT2D eigenvalue weighted by molar-refractivity contribution is 5.81. The number of hydrogen-bond donors (Lipinski definition) is 1. The maximum Gasteiger partial charge on any atom is 0.371 e. The van der Waals surface area contributed by atoms with E-state index >= 15 is 0 Å². The first-order valence-electron chi connectivity index (χ1n) is 7.61. The molecule has 2 spiro atoms. The van der Waals surface area contributed by atoms with E-state index in [1.54, 1.807) is 0 Å². The van der Waals surface area contributed by atoms with Gasteiger partial charge in [0.05, 0.1) is 0 Å². The summed E-state index contributed by atoms with van der Waals surface area (Å²) in [6, 6.07) is 0.236. The van der Waals surface area contributed by atoms with Gasteiger partial charge in [0.25, 0.3) is 5.79 Å². The van der Waals surface area contributed by atoms with Crippen molar-refractivity contribution in [1.29, 1.82) is 0 Å². The van der Waals surface area contributed by atoms with Crippen LogP contribution in [0.3, 0.4) is 0 Å². The minimum absolute atomic E-state index is 0.107. The Morgan fingerprint density at radius 3 is 2.68 bits per heavy atom. The Labute approximate surface area is 112 Å². The van der Waals surface area contributed by atoms with E-state index in [0.717, 1.165) is 44.9 Å². The van der Waals surface area contributed by atoms with Crippen molar-refractivity contribution in [2.45, 2.75) is 75.4 Å². The molecule has 1 N–H and O–H groups in total. The Kier molecular flexibility index (Phi) is 2.66. The number of hydrogen-bond acceptors (Lipinski definition) is 5. The topological polar surface area (TPSA) is 56.8 Å². The van der Waals surface area contributed by atoms with Gasteiger partial charge in [0, 0.05) is 24.8 Å². The van der Waals surface area contributed by atoms with E-state index < -0.39 is 11.6 Å². The van der Waals surface area contributed by atoms with Crippen molar-refractivity contribution < 1.29 is 19.1 Å². The van der Waals surface area contributed by atoms with Crippen molar-refractivity contribution in [1.82, 2.24) is 5.48 Å². The molecule has 0 aromatic carbocycles. The molecule has 1 unspecified atom stereocenters. The molecule has 4 fully saturated rings. The Balaban J connectivity index is 1.62. The lowest BCUT2D eigenvalue weighted by Gasteiger charge is -2.33. The van der Waals surface area contributed by atoms with Crippen molar-refractivity contribution in [3.8, 4) is 0 Å². The predicted octanol–water partition coefficient (Wildman–Crippen LogP) is 2.01. The molecule has 5 heteroatoms. The van der Waals surface area contributed by atoms with E-state index in [-0.39, 0.29) is 17.9 Å². The number of carbonyl (C=O) groups excluding carboxylic acids is 1.